The Bertz CT molecular complexity index is 554. The van der Waals surface area contributed by atoms with E-state index < -0.39 is 0 Å². The van der Waals surface area contributed by atoms with Gasteiger partial charge in [-0.25, -0.2) is 0 Å². The summed E-state index contributed by atoms with van der Waals surface area (Å²) in [6.07, 6.45) is 2.53. The molecular weight excluding hydrogens is 262 g/mol. The van der Waals surface area contributed by atoms with Gasteiger partial charge in [-0.1, -0.05) is 28.6 Å². The summed E-state index contributed by atoms with van der Waals surface area (Å²) in [5.74, 6) is 1.35. The van der Waals surface area contributed by atoms with Gasteiger partial charge in [0, 0.05) is 6.04 Å². The number of hydrogen-bond donors (Lipinski definition) is 1. The third kappa shape index (κ3) is 3.21. The van der Waals surface area contributed by atoms with Gasteiger partial charge in [-0.2, -0.15) is 0 Å². The summed E-state index contributed by atoms with van der Waals surface area (Å²) in [6, 6.07) is 8.17. The predicted octanol–water partition coefficient (Wildman–Crippen LogP) is 2.59. The fourth-order valence-electron chi connectivity index (χ4n) is 1.67. The van der Waals surface area contributed by atoms with Crippen molar-refractivity contribution in [3.8, 4) is 16.7 Å². The number of rotatable bonds is 6. The maximum absolute atomic E-state index is 5.70. The minimum Gasteiger partial charge on any atom is -0.493 e. The number of nitrogens with one attached hydrogen (secondary N) is 1. The van der Waals surface area contributed by atoms with E-state index in [4.69, 9.17) is 9.47 Å². The highest BCUT2D eigenvalue weighted by atomic mass is 32.1. The first-order chi connectivity index (χ1) is 9.35. The number of hydrogen-bond acceptors (Lipinski definition) is 6. The van der Waals surface area contributed by atoms with Crippen LogP contribution in [0.3, 0.4) is 0 Å². The van der Waals surface area contributed by atoms with E-state index in [0.29, 0.717) is 22.7 Å². The normalized spacial score (nSPS) is 14.4. The molecule has 6 heteroatoms. The van der Waals surface area contributed by atoms with Crippen molar-refractivity contribution in [2.45, 2.75) is 25.4 Å². The first-order valence-corrected chi connectivity index (χ1v) is 7.03. The molecule has 1 saturated carbocycles. The lowest BCUT2D eigenvalue weighted by Gasteiger charge is -2.06. The van der Waals surface area contributed by atoms with Crippen molar-refractivity contribution < 1.29 is 9.47 Å². The molecule has 19 heavy (non-hydrogen) atoms. The zero-order valence-electron chi connectivity index (χ0n) is 10.6. The molecule has 5 nitrogen and oxygen atoms in total. The molecule has 1 aromatic heterocycles. The van der Waals surface area contributed by atoms with Gasteiger partial charge in [0.2, 0.25) is 0 Å². The number of methoxy groups -OCH3 is 1. The SMILES string of the molecule is COc1ccccc1Oc1nnc(CNC2CC2)s1. The van der Waals surface area contributed by atoms with Crippen LogP contribution in [-0.2, 0) is 6.54 Å². The Morgan fingerprint density at radius 1 is 1.26 bits per heavy atom. The van der Waals surface area contributed by atoms with Gasteiger partial charge in [-0.15, -0.1) is 5.10 Å². The summed E-state index contributed by atoms with van der Waals surface area (Å²) in [5.41, 5.74) is 0. The molecular formula is C13H15N3O2S. The van der Waals surface area contributed by atoms with Crippen molar-refractivity contribution in [3.63, 3.8) is 0 Å². The number of nitrogens with zero attached hydrogens (tertiary/aromatic N) is 2. The second kappa shape index (κ2) is 5.54. The molecule has 0 aliphatic heterocycles. The van der Waals surface area contributed by atoms with E-state index in [1.165, 1.54) is 24.2 Å². The lowest BCUT2D eigenvalue weighted by Crippen LogP contribution is -2.14. The molecule has 0 unspecified atom stereocenters. The van der Waals surface area contributed by atoms with Crippen molar-refractivity contribution in [1.29, 1.82) is 0 Å². The van der Waals surface area contributed by atoms with Gasteiger partial charge in [-0.3, -0.25) is 0 Å². The lowest BCUT2D eigenvalue weighted by molar-refractivity contribution is 0.377. The summed E-state index contributed by atoms with van der Waals surface area (Å²) in [7, 11) is 1.62. The minimum atomic E-state index is 0.539. The summed E-state index contributed by atoms with van der Waals surface area (Å²) in [4.78, 5) is 0. The Kier molecular flexibility index (Phi) is 3.61. The summed E-state index contributed by atoms with van der Waals surface area (Å²) in [5, 5.41) is 13.0. The molecule has 0 amide bonds. The van der Waals surface area contributed by atoms with Crippen LogP contribution in [0.5, 0.6) is 16.7 Å². The highest BCUT2D eigenvalue weighted by Crippen LogP contribution is 2.32. The third-order valence-corrected chi connectivity index (χ3v) is 3.64. The van der Waals surface area contributed by atoms with Crippen molar-refractivity contribution in [2.24, 2.45) is 0 Å². The Balaban J connectivity index is 1.65. The maximum atomic E-state index is 5.70. The molecule has 1 N–H and O–H groups in total. The molecule has 1 heterocycles. The molecule has 0 atom stereocenters. The zero-order chi connectivity index (χ0) is 13.1. The van der Waals surface area contributed by atoms with E-state index in [1.807, 2.05) is 24.3 Å². The fraction of sp³-hybridized carbons (Fsp3) is 0.385. The van der Waals surface area contributed by atoms with Crippen LogP contribution in [0.25, 0.3) is 0 Å². The van der Waals surface area contributed by atoms with E-state index in [-0.39, 0.29) is 0 Å². The van der Waals surface area contributed by atoms with Crippen LogP contribution in [0, 0.1) is 0 Å². The number of ether oxygens (including phenoxy) is 2. The molecule has 1 aliphatic rings. The van der Waals surface area contributed by atoms with Crippen LogP contribution >= 0.6 is 11.3 Å². The second-order valence-corrected chi connectivity index (χ2v) is 5.39. The van der Waals surface area contributed by atoms with E-state index in [1.54, 1.807) is 7.11 Å². The molecule has 0 spiro atoms. The van der Waals surface area contributed by atoms with Gasteiger partial charge in [0.05, 0.1) is 13.7 Å². The highest BCUT2D eigenvalue weighted by molar-refractivity contribution is 7.13. The van der Waals surface area contributed by atoms with Crippen molar-refractivity contribution in [1.82, 2.24) is 15.5 Å². The van der Waals surface area contributed by atoms with Crippen molar-refractivity contribution in [3.05, 3.63) is 29.3 Å². The third-order valence-electron chi connectivity index (χ3n) is 2.83. The average Bonchev–Trinajstić information content (AvgIpc) is 3.17. The van der Waals surface area contributed by atoms with Crippen LogP contribution in [0.4, 0.5) is 0 Å². The Labute approximate surface area is 115 Å². The molecule has 1 fully saturated rings. The standard InChI is InChI=1S/C13H15N3O2S/c1-17-10-4-2-3-5-11(10)18-13-16-15-12(19-13)8-14-9-6-7-9/h2-5,9,14H,6-8H2,1H3. The van der Waals surface area contributed by atoms with Crippen LogP contribution in [0.2, 0.25) is 0 Å². The van der Waals surface area contributed by atoms with Crippen molar-refractivity contribution >= 4 is 11.3 Å². The Morgan fingerprint density at radius 3 is 2.79 bits per heavy atom. The molecule has 1 aromatic carbocycles. The molecule has 0 radical (unpaired) electrons. The van der Waals surface area contributed by atoms with Gasteiger partial charge in [0.25, 0.3) is 5.19 Å². The quantitative estimate of drug-likeness (QED) is 0.879. The van der Waals surface area contributed by atoms with Crippen LogP contribution in [0.1, 0.15) is 17.8 Å². The van der Waals surface area contributed by atoms with Gasteiger partial charge in [-0.05, 0) is 25.0 Å². The summed E-state index contributed by atoms with van der Waals surface area (Å²) in [6.45, 7) is 0.762. The van der Waals surface area contributed by atoms with Crippen LogP contribution in [-0.4, -0.2) is 23.3 Å². The fourth-order valence-corrected chi connectivity index (χ4v) is 2.32. The Hall–Kier alpha value is -1.66. The molecule has 100 valence electrons. The van der Waals surface area contributed by atoms with E-state index in [9.17, 15) is 0 Å². The molecule has 0 bridgehead atoms. The van der Waals surface area contributed by atoms with Gasteiger partial charge in [0.15, 0.2) is 11.5 Å². The molecule has 0 saturated heterocycles. The maximum Gasteiger partial charge on any atom is 0.299 e. The van der Waals surface area contributed by atoms with E-state index in [0.717, 1.165) is 11.6 Å². The lowest BCUT2D eigenvalue weighted by atomic mass is 10.3. The number of aromatic nitrogens is 2. The highest BCUT2D eigenvalue weighted by Gasteiger charge is 2.20. The zero-order valence-corrected chi connectivity index (χ0v) is 11.4. The van der Waals surface area contributed by atoms with Crippen LogP contribution in [0.15, 0.2) is 24.3 Å². The molecule has 3 rings (SSSR count). The van der Waals surface area contributed by atoms with E-state index in [2.05, 4.69) is 15.5 Å². The smallest absolute Gasteiger partial charge is 0.299 e. The molecule has 1 aliphatic carbocycles. The van der Waals surface area contributed by atoms with Gasteiger partial charge >= 0.3 is 0 Å². The van der Waals surface area contributed by atoms with Gasteiger partial charge in [0.1, 0.15) is 5.01 Å². The van der Waals surface area contributed by atoms with Crippen LogP contribution < -0.4 is 14.8 Å². The second-order valence-electron chi connectivity index (χ2n) is 4.37. The first kappa shape index (κ1) is 12.4. The van der Waals surface area contributed by atoms with Crippen molar-refractivity contribution in [2.75, 3.05) is 7.11 Å². The largest absolute Gasteiger partial charge is 0.493 e. The predicted molar refractivity (Wildman–Crippen MR) is 72.8 cm³/mol. The van der Waals surface area contributed by atoms with E-state index >= 15 is 0 Å². The number of benzene rings is 1. The average molecular weight is 277 g/mol. The monoisotopic (exact) mass is 277 g/mol. The number of para-hydroxylation sites is 2. The summed E-state index contributed by atoms with van der Waals surface area (Å²) < 4.78 is 10.9. The minimum absolute atomic E-state index is 0.539. The molecule has 2 aromatic rings. The first-order valence-electron chi connectivity index (χ1n) is 6.22. The van der Waals surface area contributed by atoms with Gasteiger partial charge < -0.3 is 14.8 Å². The topological polar surface area (TPSA) is 56.3 Å². The summed E-state index contributed by atoms with van der Waals surface area (Å²) >= 11 is 1.45. The Morgan fingerprint density at radius 2 is 2.05 bits per heavy atom.